The number of hydrogen-bond donors (Lipinski definition) is 1. The van der Waals surface area contributed by atoms with Crippen molar-refractivity contribution < 1.29 is 31.3 Å². The SMILES string of the molecule is N[C@@H](c1ccc([N+](=O)[O-])o1)C(F)(F)C(F)(F)F. The molecule has 0 aliphatic rings. The standard InChI is InChI=1S/C7H5F5N2O3/c8-6(9,7(10,11)12)5(13)3-1-2-4(17-3)14(15)16/h1-2,5H,13H2/t5-/m0/s1. The summed E-state index contributed by atoms with van der Waals surface area (Å²) in [4.78, 5) is 9.06. The van der Waals surface area contributed by atoms with E-state index < -0.39 is 34.7 Å². The summed E-state index contributed by atoms with van der Waals surface area (Å²) in [6.07, 6.45) is -5.87. The van der Waals surface area contributed by atoms with E-state index in [9.17, 15) is 32.1 Å². The topological polar surface area (TPSA) is 82.3 Å². The number of furan rings is 1. The first kappa shape index (κ1) is 13.4. The Morgan fingerprint density at radius 3 is 2.18 bits per heavy atom. The van der Waals surface area contributed by atoms with Crippen LogP contribution in [0.1, 0.15) is 11.8 Å². The van der Waals surface area contributed by atoms with E-state index in [1.54, 1.807) is 0 Å². The molecule has 0 unspecified atom stereocenters. The summed E-state index contributed by atoms with van der Waals surface area (Å²) in [6, 6.07) is -1.60. The molecule has 5 nitrogen and oxygen atoms in total. The summed E-state index contributed by atoms with van der Waals surface area (Å²) in [7, 11) is 0. The number of alkyl halides is 5. The van der Waals surface area contributed by atoms with Crippen LogP contribution in [0.2, 0.25) is 0 Å². The first-order valence-electron chi connectivity index (χ1n) is 4.01. The third kappa shape index (κ3) is 2.35. The highest BCUT2D eigenvalue weighted by molar-refractivity contribution is 5.21. The first-order chi connectivity index (χ1) is 7.57. The lowest BCUT2D eigenvalue weighted by molar-refractivity contribution is -0.402. The molecule has 0 saturated carbocycles. The summed E-state index contributed by atoms with van der Waals surface area (Å²) >= 11 is 0. The summed E-state index contributed by atoms with van der Waals surface area (Å²) in [6.45, 7) is 0. The number of hydrogen-bond acceptors (Lipinski definition) is 4. The van der Waals surface area contributed by atoms with Crippen LogP contribution >= 0.6 is 0 Å². The predicted octanol–water partition coefficient (Wildman–Crippen LogP) is 2.39. The van der Waals surface area contributed by atoms with Gasteiger partial charge in [0.2, 0.25) is 0 Å². The van der Waals surface area contributed by atoms with Gasteiger partial charge in [0.15, 0.2) is 0 Å². The van der Waals surface area contributed by atoms with Gasteiger partial charge in [-0.25, -0.2) is 0 Å². The van der Waals surface area contributed by atoms with Gasteiger partial charge in [-0.05, 0) is 6.07 Å². The number of halogens is 5. The molecular formula is C7H5F5N2O3. The number of rotatable bonds is 3. The van der Waals surface area contributed by atoms with E-state index >= 15 is 0 Å². The van der Waals surface area contributed by atoms with E-state index in [4.69, 9.17) is 0 Å². The Morgan fingerprint density at radius 2 is 1.82 bits per heavy atom. The van der Waals surface area contributed by atoms with Crippen molar-refractivity contribution in [3.8, 4) is 0 Å². The number of nitrogens with zero attached hydrogens (tertiary/aromatic N) is 1. The molecule has 1 atom stereocenters. The molecule has 96 valence electrons. The molecule has 0 spiro atoms. The molecule has 0 aromatic carbocycles. The van der Waals surface area contributed by atoms with Crippen molar-refractivity contribution in [1.29, 1.82) is 0 Å². The van der Waals surface area contributed by atoms with Crippen LogP contribution in [0.3, 0.4) is 0 Å². The third-order valence-electron chi connectivity index (χ3n) is 1.87. The number of nitrogens with two attached hydrogens (primary N) is 1. The Hall–Kier alpha value is -1.71. The lowest BCUT2D eigenvalue weighted by Crippen LogP contribution is -2.45. The van der Waals surface area contributed by atoms with Crippen LogP contribution in [0.15, 0.2) is 16.5 Å². The molecule has 0 radical (unpaired) electrons. The molecule has 0 bridgehead atoms. The van der Waals surface area contributed by atoms with Crippen molar-refractivity contribution in [2.24, 2.45) is 5.73 Å². The van der Waals surface area contributed by atoms with Gasteiger partial charge in [-0.2, -0.15) is 22.0 Å². The minimum absolute atomic E-state index is 0.600. The molecular weight excluding hydrogens is 255 g/mol. The van der Waals surface area contributed by atoms with Gasteiger partial charge in [-0.15, -0.1) is 0 Å². The quantitative estimate of drug-likeness (QED) is 0.513. The zero-order chi connectivity index (χ0) is 13.4. The monoisotopic (exact) mass is 260 g/mol. The van der Waals surface area contributed by atoms with Crippen LogP contribution in [0.4, 0.5) is 27.8 Å². The first-order valence-corrected chi connectivity index (χ1v) is 4.01. The largest absolute Gasteiger partial charge is 0.455 e. The van der Waals surface area contributed by atoms with Crippen LogP contribution in [0.25, 0.3) is 0 Å². The summed E-state index contributed by atoms with van der Waals surface area (Å²) in [5, 5.41) is 10.1. The predicted molar refractivity (Wildman–Crippen MR) is 43.3 cm³/mol. The molecule has 0 aliphatic heterocycles. The van der Waals surface area contributed by atoms with Crippen molar-refractivity contribution in [1.82, 2.24) is 0 Å². The average molecular weight is 260 g/mol. The Labute approximate surface area is 90.1 Å². The Kier molecular flexibility index (Phi) is 3.10. The van der Waals surface area contributed by atoms with Gasteiger partial charge in [0, 0.05) is 0 Å². The maximum Gasteiger partial charge on any atom is 0.455 e. The zero-order valence-corrected chi connectivity index (χ0v) is 7.87. The summed E-state index contributed by atoms with van der Waals surface area (Å²) in [5.74, 6) is -7.22. The Bertz CT molecular complexity index is 427. The fraction of sp³-hybridized carbons (Fsp3) is 0.429. The van der Waals surface area contributed by atoms with E-state index in [2.05, 4.69) is 10.2 Å². The molecule has 0 amide bonds. The highest BCUT2D eigenvalue weighted by Gasteiger charge is 2.62. The van der Waals surface area contributed by atoms with Gasteiger partial charge in [-0.3, -0.25) is 10.1 Å². The maximum absolute atomic E-state index is 12.7. The van der Waals surface area contributed by atoms with E-state index in [-0.39, 0.29) is 0 Å². The minimum atomic E-state index is -5.87. The second-order valence-corrected chi connectivity index (χ2v) is 3.03. The normalized spacial score (nSPS) is 14.7. The third-order valence-corrected chi connectivity index (χ3v) is 1.87. The molecule has 1 aromatic heterocycles. The van der Waals surface area contributed by atoms with Crippen molar-refractivity contribution in [2.45, 2.75) is 18.1 Å². The highest BCUT2D eigenvalue weighted by Crippen LogP contribution is 2.43. The molecule has 0 aliphatic carbocycles. The second kappa shape index (κ2) is 3.95. The molecule has 10 heteroatoms. The van der Waals surface area contributed by atoms with E-state index in [0.29, 0.717) is 12.1 Å². The van der Waals surface area contributed by atoms with Crippen molar-refractivity contribution in [3.05, 3.63) is 28.0 Å². The number of nitro groups is 1. The Balaban J connectivity index is 3.04. The molecule has 0 fully saturated rings. The van der Waals surface area contributed by atoms with Crippen molar-refractivity contribution in [3.63, 3.8) is 0 Å². The van der Waals surface area contributed by atoms with Gasteiger partial charge >= 0.3 is 18.0 Å². The minimum Gasteiger partial charge on any atom is -0.404 e. The highest BCUT2D eigenvalue weighted by atomic mass is 19.4. The van der Waals surface area contributed by atoms with Crippen LogP contribution in [-0.2, 0) is 0 Å². The van der Waals surface area contributed by atoms with Crippen LogP contribution in [0.5, 0.6) is 0 Å². The lowest BCUT2D eigenvalue weighted by atomic mass is 10.1. The fourth-order valence-corrected chi connectivity index (χ4v) is 0.962. The second-order valence-electron chi connectivity index (χ2n) is 3.03. The summed E-state index contributed by atoms with van der Waals surface area (Å²) < 4.78 is 65.5. The summed E-state index contributed by atoms with van der Waals surface area (Å²) in [5.41, 5.74) is 4.69. The fourth-order valence-electron chi connectivity index (χ4n) is 0.962. The van der Waals surface area contributed by atoms with E-state index in [0.717, 1.165) is 0 Å². The van der Waals surface area contributed by atoms with E-state index in [1.165, 1.54) is 0 Å². The van der Waals surface area contributed by atoms with Crippen LogP contribution in [0, 0.1) is 10.1 Å². The molecule has 17 heavy (non-hydrogen) atoms. The van der Waals surface area contributed by atoms with Crippen LogP contribution < -0.4 is 5.73 Å². The molecule has 1 heterocycles. The lowest BCUT2D eigenvalue weighted by Gasteiger charge is -2.23. The molecule has 0 saturated heterocycles. The van der Waals surface area contributed by atoms with Gasteiger partial charge < -0.3 is 10.2 Å². The molecule has 1 rings (SSSR count). The van der Waals surface area contributed by atoms with E-state index in [1.807, 2.05) is 0 Å². The van der Waals surface area contributed by atoms with Crippen LogP contribution in [-0.4, -0.2) is 17.0 Å². The Morgan fingerprint density at radius 1 is 1.29 bits per heavy atom. The van der Waals surface area contributed by atoms with Gasteiger partial charge in [0.1, 0.15) is 16.7 Å². The average Bonchev–Trinajstić information content (AvgIpc) is 2.63. The smallest absolute Gasteiger partial charge is 0.404 e. The van der Waals surface area contributed by atoms with Crippen molar-refractivity contribution >= 4 is 5.88 Å². The maximum atomic E-state index is 12.7. The molecule has 2 N–H and O–H groups in total. The van der Waals surface area contributed by atoms with Gasteiger partial charge in [-0.1, -0.05) is 0 Å². The molecule has 1 aromatic rings. The zero-order valence-electron chi connectivity index (χ0n) is 7.87. The van der Waals surface area contributed by atoms with Gasteiger partial charge in [0.25, 0.3) is 0 Å². The van der Waals surface area contributed by atoms with Gasteiger partial charge in [0.05, 0.1) is 6.07 Å². The van der Waals surface area contributed by atoms with Crippen molar-refractivity contribution in [2.75, 3.05) is 0 Å².